The number of rotatable bonds is 3. The van der Waals surface area contributed by atoms with Crippen LogP contribution in [0.2, 0.25) is 0 Å². The second-order valence-corrected chi connectivity index (χ2v) is 7.31. The van der Waals surface area contributed by atoms with Gasteiger partial charge in [-0.3, -0.25) is 9.59 Å². The molecule has 1 saturated carbocycles. The van der Waals surface area contributed by atoms with Gasteiger partial charge >= 0.3 is 0 Å². The first-order valence-electron chi connectivity index (χ1n) is 8.98. The van der Waals surface area contributed by atoms with Crippen LogP contribution in [0.15, 0.2) is 24.3 Å². The number of nitrogens with two attached hydrogens (primary N) is 1. The molecule has 1 saturated heterocycles. The molecule has 0 bridgehead atoms. The van der Waals surface area contributed by atoms with Crippen molar-refractivity contribution in [2.75, 3.05) is 18.4 Å². The van der Waals surface area contributed by atoms with Crippen LogP contribution in [0, 0.1) is 11.8 Å². The number of hydrogen-bond acceptors (Lipinski definition) is 3. The molecular weight excluding hydrogens is 338 g/mol. The monoisotopic (exact) mass is 365 g/mol. The zero-order valence-corrected chi connectivity index (χ0v) is 15.6. The highest BCUT2D eigenvalue weighted by Gasteiger charge is 2.27. The van der Waals surface area contributed by atoms with Crippen LogP contribution in [-0.2, 0) is 4.79 Å². The van der Waals surface area contributed by atoms with Crippen molar-refractivity contribution < 1.29 is 9.59 Å². The lowest BCUT2D eigenvalue weighted by Gasteiger charge is -2.30. The topological polar surface area (TPSA) is 75.4 Å². The van der Waals surface area contributed by atoms with Crippen molar-refractivity contribution in [2.45, 2.75) is 45.1 Å². The fourth-order valence-electron chi connectivity index (χ4n) is 3.59. The average Bonchev–Trinajstić information content (AvgIpc) is 3.02. The summed E-state index contributed by atoms with van der Waals surface area (Å²) in [6.07, 6.45) is 4.68. The Morgan fingerprint density at radius 3 is 2.28 bits per heavy atom. The second kappa shape index (κ2) is 8.68. The molecule has 138 valence electrons. The van der Waals surface area contributed by atoms with Crippen LogP contribution < -0.4 is 11.1 Å². The second-order valence-electron chi connectivity index (χ2n) is 7.31. The quantitative estimate of drug-likeness (QED) is 0.864. The molecule has 25 heavy (non-hydrogen) atoms. The predicted octanol–water partition coefficient (Wildman–Crippen LogP) is 3.05. The third-order valence-electron chi connectivity index (χ3n) is 5.31. The average molecular weight is 366 g/mol. The van der Waals surface area contributed by atoms with Gasteiger partial charge in [-0.1, -0.05) is 6.92 Å². The van der Waals surface area contributed by atoms with E-state index in [4.69, 9.17) is 5.73 Å². The van der Waals surface area contributed by atoms with Crippen LogP contribution in [0.3, 0.4) is 0 Å². The molecule has 2 fully saturated rings. The van der Waals surface area contributed by atoms with Gasteiger partial charge in [-0.25, -0.2) is 0 Å². The first-order valence-corrected chi connectivity index (χ1v) is 8.98. The van der Waals surface area contributed by atoms with E-state index in [0.717, 1.165) is 50.9 Å². The molecule has 3 rings (SSSR count). The summed E-state index contributed by atoms with van der Waals surface area (Å²) in [5.74, 6) is 0.834. The Bertz CT molecular complexity index is 597. The van der Waals surface area contributed by atoms with E-state index in [1.165, 1.54) is 0 Å². The van der Waals surface area contributed by atoms with Gasteiger partial charge in [0.2, 0.25) is 5.91 Å². The molecule has 0 spiro atoms. The number of carbonyl (C=O) groups excluding carboxylic acids is 2. The Kier molecular flexibility index (Phi) is 6.85. The minimum atomic E-state index is 0. The Balaban J connectivity index is 0.00000225. The van der Waals surface area contributed by atoms with E-state index in [2.05, 4.69) is 12.2 Å². The van der Waals surface area contributed by atoms with Crippen molar-refractivity contribution in [3.05, 3.63) is 29.8 Å². The lowest BCUT2D eigenvalue weighted by molar-refractivity contribution is -0.119. The fraction of sp³-hybridized carbons (Fsp3) is 0.579. The summed E-state index contributed by atoms with van der Waals surface area (Å²) in [6, 6.07) is 7.37. The SMILES string of the molecule is CC1CCN(C(=O)c2ccc(NC(=O)C3CCC(N)C3)cc2)CC1.Cl. The molecule has 1 aliphatic heterocycles. The highest BCUT2D eigenvalue weighted by atomic mass is 35.5. The molecule has 3 N–H and O–H groups in total. The van der Waals surface area contributed by atoms with Gasteiger partial charge in [0.05, 0.1) is 0 Å². The fourth-order valence-corrected chi connectivity index (χ4v) is 3.59. The van der Waals surface area contributed by atoms with Crippen molar-refractivity contribution >= 4 is 29.9 Å². The highest BCUT2D eigenvalue weighted by molar-refractivity contribution is 5.96. The number of halogens is 1. The third-order valence-corrected chi connectivity index (χ3v) is 5.31. The van der Waals surface area contributed by atoms with E-state index in [1.54, 1.807) is 12.1 Å². The first-order chi connectivity index (χ1) is 11.5. The van der Waals surface area contributed by atoms with E-state index in [-0.39, 0.29) is 36.2 Å². The van der Waals surface area contributed by atoms with Crippen molar-refractivity contribution in [3.8, 4) is 0 Å². The minimum absolute atomic E-state index is 0. The first kappa shape index (κ1) is 19.7. The van der Waals surface area contributed by atoms with Gasteiger partial charge in [-0.05, 0) is 62.3 Å². The summed E-state index contributed by atoms with van der Waals surface area (Å²) >= 11 is 0. The summed E-state index contributed by atoms with van der Waals surface area (Å²) in [5.41, 5.74) is 7.29. The van der Waals surface area contributed by atoms with Crippen LogP contribution in [0.25, 0.3) is 0 Å². The number of carbonyl (C=O) groups is 2. The molecule has 1 heterocycles. The maximum atomic E-state index is 12.5. The Morgan fingerprint density at radius 2 is 1.72 bits per heavy atom. The number of hydrogen-bond donors (Lipinski definition) is 2. The molecule has 2 unspecified atom stereocenters. The lowest BCUT2D eigenvalue weighted by atomic mass is 9.98. The van der Waals surface area contributed by atoms with Crippen LogP contribution in [0.4, 0.5) is 5.69 Å². The smallest absolute Gasteiger partial charge is 0.253 e. The lowest BCUT2D eigenvalue weighted by Crippen LogP contribution is -2.37. The summed E-state index contributed by atoms with van der Waals surface area (Å²) in [6.45, 7) is 3.90. The largest absolute Gasteiger partial charge is 0.339 e. The van der Waals surface area contributed by atoms with Crippen LogP contribution in [0.5, 0.6) is 0 Å². The van der Waals surface area contributed by atoms with E-state index in [9.17, 15) is 9.59 Å². The van der Waals surface area contributed by atoms with Gasteiger partial charge in [0, 0.05) is 36.3 Å². The van der Waals surface area contributed by atoms with E-state index in [1.807, 2.05) is 17.0 Å². The Hall–Kier alpha value is -1.59. The number of benzene rings is 1. The molecule has 6 heteroatoms. The maximum absolute atomic E-state index is 12.5. The summed E-state index contributed by atoms with van der Waals surface area (Å²) in [4.78, 5) is 26.6. The van der Waals surface area contributed by atoms with E-state index < -0.39 is 0 Å². The number of amides is 2. The molecule has 2 amide bonds. The molecular formula is C19H28ClN3O2. The van der Waals surface area contributed by atoms with Crippen LogP contribution in [0.1, 0.15) is 49.4 Å². The van der Waals surface area contributed by atoms with Crippen LogP contribution >= 0.6 is 12.4 Å². The Labute approximate surface area is 155 Å². The summed E-state index contributed by atoms with van der Waals surface area (Å²) < 4.78 is 0. The number of anilines is 1. The van der Waals surface area contributed by atoms with Crippen molar-refractivity contribution in [2.24, 2.45) is 17.6 Å². The highest BCUT2D eigenvalue weighted by Crippen LogP contribution is 2.25. The number of piperidine rings is 1. The zero-order valence-electron chi connectivity index (χ0n) is 14.7. The van der Waals surface area contributed by atoms with Gasteiger partial charge in [-0.15, -0.1) is 12.4 Å². The maximum Gasteiger partial charge on any atom is 0.253 e. The van der Waals surface area contributed by atoms with Gasteiger partial charge in [0.15, 0.2) is 0 Å². The molecule has 1 aliphatic carbocycles. The number of nitrogens with zero attached hydrogens (tertiary/aromatic N) is 1. The zero-order chi connectivity index (χ0) is 17.1. The standard InChI is InChI=1S/C19H27N3O2.ClH/c1-13-8-10-22(11-9-13)19(24)14-3-6-17(7-4-14)21-18(23)15-2-5-16(20)12-15;/h3-4,6-7,13,15-16H,2,5,8-12,20H2,1H3,(H,21,23);1H. The van der Waals surface area contributed by atoms with E-state index >= 15 is 0 Å². The van der Waals surface area contributed by atoms with Crippen molar-refractivity contribution in [1.82, 2.24) is 4.90 Å². The van der Waals surface area contributed by atoms with Crippen LogP contribution in [-0.4, -0.2) is 35.8 Å². The summed E-state index contributed by atoms with van der Waals surface area (Å²) in [7, 11) is 0. The minimum Gasteiger partial charge on any atom is -0.339 e. The molecule has 0 radical (unpaired) electrons. The van der Waals surface area contributed by atoms with Gasteiger partial charge in [0.1, 0.15) is 0 Å². The third kappa shape index (κ3) is 4.95. The molecule has 5 nitrogen and oxygen atoms in total. The van der Waals surface area contributed by atoms with Gasteiger partial charge < -0.3 is 16.0 Å². The number of likely N-dealkylation sites (tertiary alicyclic amines) is 1. The number of nitrogens with one attached hydrogen (secondary N) is 1. The molecule has 2 aliphatic rings. The molecule has 2 atom stereocenters. The van der Waals surface area contributed by atoms with Gasteiger partial charge in [0.25, 0.3) is 5.91 Å². The van der Waals surface area contributed by atoms with Gasteiger partial charge in [-0.2, -0.15) is 0 Å². The normalized spacial score (nSPS) is 23.8. The van der Waals surface area contributed by atoms with Crippen molar-refractivity contribution in [1.29, 1.82) is 0 Å². The predicted molar refractivity (Wildman–Crippen MR) is 102 cm³/mol. The molecule has 1 aromatic carbocycles. The summed E-state index contributed by atoms with van der Waals surface area (Å²) in [5, 5.41) is 2.94. The molecule has 0 aromatic heterocycles. The Morgan fingerprint density at radius 1 is 1.08 bits per heavy atom. The van der Waals surface area contributed by atoms with Crippen molar-refractivity contribution in [3.63, 3.8) is 0 Å². The van der Waals surface area contributed by atoms with E-state index in [0.29, 0.717) is 11.5 Å². The molecule has 1 aromatic rings.